The third-order valence-corrected chi connectivity index (χ3v) is 3.39. The fraction of sp³-hybridized carbons (Fsp3) is 0.615. The van der Waals surface area contributed by atoms with Crippen LogP contribution in [0.4, 0.5) is 0 Å². The van der Waals surface area contributed by atoms with Gasteiger partial charge in [0.25, 0.3) is 0 Å². The van der Waals surface area contributed by atoms with Gasteiger partial charge >= 0.3 is 0 Å². The van der Waals surface area contributed by atoms with E-state index in [0.717, 1.165) is 10.8 Å². The Morgan fingerprint density at radius 1 is 1.38 bits per heavy atom. The molecule has 0 radical (unpaired) electrons. The molecule has 0 amide bonds. The first kappa shape index (κ1) is 11.8. The monoisotopic (exact) mass is 237 g/mol. The van der Waals surface area contributed by atoms with Crippen LogP contribution in [-0.4, -0.2) is 17.3 Å². The summed E-state index contributed by atoms with van der Waals surface area (Å²) in [5.41, 5.74) is 1.37. The molecule has 0 aliphatic heterocycles. The fourth-order valence-corrected chi connectivity index (χ4v) is 1.91. The number of hydrogen-bond donors (Lipinski definition) is 0. The molecule has 1 aromatic rings. The van der Waals surface area contributed by atoms with Crippen molar-refractivity contribution < 1.29 is 4.74 Å². The lowest BCUT2D eigenvalue weighted by Gasteiger charge is -2.20. The van der Waals surface area contributed by atoms with Crippen LogP contribution in [0.1, 0.15) is 39.2 Å². The molecule has 1 fully saturated rings. The van der Waals surface area contributed by atoms with E-state index in [0.29, 0.717) is 6.10 Å². The number of pyridine rings is 1. The molecule has 1 heterocycles. The van der Waals surface area contributed by atoms with Crippen molar-refractivity contribution in [2.45, 2.75) is 50.2 Å². The molecule has 0 spiro atoms. The van der Waals surface area contributed by atoms with Gasteiger partial charge in [-0.15, -0.1) is 11.8 Å². The molecule has 1 aliphatic carbocycles. The van der Waals surface area contributed by atoms with Gasteiger partial charge in [-0.2, -0.15) is 0 Å². The number of aromatic nitrogens is 1. The summed E-state index contributed by atoms with van der Waals surface area (Å²) in [5.74, 6) is 0.961. The van der Waals surface area contributed by atoms with E-state index >= 15 is 0 Å². The fourth-order valence-electron chi connectivity index (χ4n) is 1.45. The summed E-state index contributed by atoms with van der Waals surface area (Å²) in [6.07, 6.45) is 6.81. The van der Waals surface area contributed by atoms with Crippen LogP contribution in [0.5, 0.6) is 5.75 Å². The maximum atomic E-state index is 5.90. The van der Waals surface area contributed by atoms with Gasteiger partial charge in [-0.25, -0.2) is 4.98 Å². The second kappa shape index (κ2) is 4.28. The van der Waals surface area contributed by atoms with Crippen LogP contribution in [0.3, 0.4) is 0 Å². The average Bonchev–Trinajstić information content (AvgIpc) is 3.00. The lowest BCUT2D eigenvalue weighted by molar-refractivity contribution is 0.292. The molecule has 2 rings (SSSR count). The Morgan fingerprint density at radius 3 is 2.56 bits per heavy atom. The Morgan fingerprint density at radius 2 is 2.06 bits per heavy atom. The Balaban J connectivity index is 2.29. The first-order valence-corrected chi connectivity index (χ1v) is 6.94. The van der Waals surface area contributed by atoms with Gasteiger partial charge in [-0.05, 0) is 36.1 Å². The van der Waals surface area contributed by atoms with E-state index in [4.69, 9.17) is 4.74 Å². The highest BCUT2D eigenvalue weighted by Gasteiger charge is 2.26. The van der Waals surface area contributed by atoms with Gasteiger partial charge < -0.3 is 4.74 Å². The largest absolute Gasteiger partial charge is 0.488 e. The average molecular weight is 237 g/mol. The van der Waals surface area contributed by atoms with E-state index < -0.39 is 0 Å². The van der Waals surface area contributed by atoms with Gasteiger partial charge in [0.1, 0.15) is 5.03 Å². The van der Waals surface area contributed by atoms with Crippen LogP contribution in [0.15, 0.2) is 17.3 Å². The molecule has 0 aromatic carbocycles. The van der Waals surface area contributed by atoms with E-state index in [1.54, 1.807) is 11.8 Å². The molecule has 3 heteroatoms. The van der Waals surface area contributed by atoms with Crippen molar-refractivity contribution >= 4 is 11.8 Å². The summed E-state index contributed by atoms with van der Waals surface area (Å²) in [6.45, 7) is 6.59. The Labute approximate surface area is 102 Å². The summed E-state index contributed by atoms with van der Waals surface area (Å²) < 4.78 is 5.90. The van der Waals surface area contributed by atoms with Crippen molar-refractivity contribution in [3.63, 3.8) is 0 Å². The number of rotatable bonds is 3. The predicted molar refractivity (Wildman–Crippen MR) is 68.4 cm³/mol. The van der Waals surface area contributed by atoms with Crippen molar-refractivity contribution in [2.24, 2.45) is 0 Å². The number of nitrogens with zero attached hydrogens (tertiary/aromatic N) is 1. The van der Waals surface area contributed by atoms with Crippen LogP contribution in [-0.2, 0) is 5.41 Å². The zero-order valence-electron chi connectivity index (χ0n) is 10.4. The van der Waals surface area contributed by atoms with Gasteiger partial charge in [0.05, 0.1) is 6.10 Å². The third-order valence-electron chi connectivity index (χ3n) is 2.70. The van der Waals surface area contributed by atoms with Crippen LogP contribution in [0.25, 0.3) is 0 Å². The molecular weight excluding hydrogens is 218 g/mol. The maximum absolute atomic E-state index is 5.90. The standard InChI is InChI=1S/C13H19NOS/c1-13(2,3)9-7-11(15-10-5-6-10)12(16-4)14-8-9/h7-8,10H,5-6H2,1-4H3. The van der Waals surface area contributed by atoms with Crippen molar-refractivity contribution in [3.8, 4) is 5.75 Å². The zero-order valence-corrected chi connectivity index (χ0v) is 11.2. The van der Waals surface area contributed by atoms with E-state index in [1.165, 1.54) is 18.4 Å². The van der Waals surface area contributed by atoms with Crippen LogP contribution >= 0.6 is 11.8 Å². The Hall–Kier alpha value is -0.700. The summed E-state index contributed by atoms with van der Waals surface area (Å²) in [4.78, 5) is 4.48. The summed E-state index contributed by atoms with van der Waals surface area (Å²) in [7, 11) is 0. The summed E-state index contributed by atoms with van der Waals surface area (Å²) in [5, 5.41) is 1.000. The number of hydrogen-bond acceptors (Lipinski definition) is 3. The smallest absolute Gasteiger partial charge is 0.152 e. The number of ether oxygens (including phenoxy) is 1. The molecule has 0 N–H and O–H groups in total. The van der Waals surface area contributed by atoms with E-state index in [9.17, 15) is 0 Å². The molecule has 0 bridgehead atoms. The van der Waals surface area contributed by atoms with Crippen molar-refractivity contribution in [2.75, 3.05) is 6.26 Å². The molecule has 1 aromatic heterocycles. The second-order valence-electron chi connectivity index (χ2n) is 5.30. The van der Waals surface area contributed by atoms with Gasteiger partial charge in [-0.1, -0.05) is 20.8 Å². The maximum Gasteiger partial charge on any atom is 0.152 e. The minimum absolute atomic E-state index is 0.131. The minimum atomic E-state index is 0.131. The first-order valence-electron chi connectivity index (χ1n) is 5.72. The van der Waals surface area contributed by atoms with E-state index in [-0.39, 0.29) is 5.41 Å². The molecule has 1 aliphatic rings. The van der Waals surface area contributed by atoms with Crippen molar-refractivity contribution in [3.05, 3.63) is 17.8 Å². The van der Waals surface area contributed by atoms with Crippen LogP contribution in [0.2, 0.25) is 0 Å². The van der Waals surface area contributed by atoms with Crippen LogP contribution in [0, 0.1) is 0 Å². The van der Waals surface area contributed by atoms with Crippen LogP contribution < -0.4 is 4.74 Å². The highest BCUT2D eigenvalue weighted by molar-refractivity contribution is 7.98. The highest BCUT2D eigenvalue weighted by atomic mass is 32.2. The lowest BCUT2D eigenvalue weighted by atomic mass is 9.88. The molecule has 88 valence electrons. The zero-order chi connectivity index (χ0) is 11.8. The van der Waals surface area contributed by atoms with Crippen molar-refractivity contribution in [1.29, 1.82) is 0 Å². The van der Waals surface area contributed by atoms with Gasteiger partial charge in [0.15, 0.2) is 5.75 Å². The molecule has 1 saturated carbocycles. The van der Waals surface area contributed by atoms with Gasteiger partial charge in [0.2, 0.25) is 0 Å². The molecule has 0 saturated heterocycles. The molecule has 0 atom stereocenters. The normalized spacial score (nSPS) is 16.2. The third kappa shape index (κ3) is 2.70. The predicted octanol–water partition coefficient (Wildman–Crippen LogP) is 3.64. The second-order valence-corrected chi connectivity index (χ2v) is 6.09. The first-order chi connectivity index (χ1) is 7.50. The minimum Gasteiger partial charge on any atom is -0.488 e. The van der Waals surface area contributed by atoms with Gasteiger partial charge in [-0.3, -0.25) is 0 Å². The Bertz CT molecular complexity index is 380. The molecule has 2 nitrogen and oxygen atoms in total. The lowest BCUT2D eigenvalue weighted by Crippen LogP contribution is -2.12. The quantitative estimate of drug-likeness (QED) is 0.749. The van der Waals surface area contributed by atoms with E-state index in [1.807, 2.05) is 12.5 Å². The summed E-state index contributed by atoms with van der Waals surface area (Å²) in [6, 6.07) is 2.15. The highest BCUT2D eigenvalue weighted by Crippen LogP contribution is 2.35. The SMILES string of the molecule is CSc1ncc(C(C)(C)C)cc1OC1CC1. The molecule has 16 heavy (non-hydrogen) atoms. The number of thioether (sulfide) groups is 1. The summed E-state index contributed by atoms with van der Waals surface area (Å²) >= 11 is 1.65. The topological polar surface area (TPSA) is 22.1 Å². The van der Waals surface area contributed by atoms with E-state index in [2.05, 4.69) is 31.8 Å². The molecule has 0 unspecified atom stereocenters. The molecular formula is C13H19NOS. The van der Waals surface area contributed by atoms with Gasteiger partial charge in [0, 0.05) is 6.20 Å². The Kier molecular flexibility index (Phi) is 3.15. The van der Waals surface area contributed by atoms with Crippen molar-refractivity contribution in [1.82, 2.24) is 4.98 Å².